The van der Waals surface area contributed by atoms with Gasteiger partial charge in [-0.3, -0.25) is 19.2 Å². The van der Waals surface area contributed by atoms with Gasteiger partial charge in [0.2, 0.25) is 5.91 Å². The third-order valence-corrected chi connectivity index (χ3v) is 6.36. The lowest BCUT2D eigenvalue weighted by molar-refractivity contribution is -0.162. The predicted molar refractivity (Wildman–Crippen MR) is 75.4 cm³/mol. The zero-order chi connectivity index (χ0) is 15.6. The molecule has 0 aromatic carbocycles. The summed E-state index contributed by atoms with van der Waals surface area (Å²) in [6.07, 6.45) is -2.65. The summed E-state index contributed by atoms with van der Waals surface area (Å²) in [5.74, 6) is -2.01. The molecule has 2 aliphatic heterocycles. The summed E-state index contributed by atoms with van der Waals surface area (Å²) in [5.41, 5.74) is 0. The van der Waals surface area contributed by atoms with Gasteiger partial charge in [0.1, 0.15) is 18.2 Å². The molecule has 0 aromatic rings. The Labute approximate surface area is 131 Å². The molecule has 5 nitrogen and oxygen atoms in total. The lowest BCUT2D eigenvalue weighted by Crippen LogP contribution is -2.68. The van der Waals surface area contributed by atoms with Crippen molar-refractivity contribution in [3.05, 3.63) is 0 Å². The standard InChI is InChI=1S/C14H18F2N2O3S/c1-21-12-9(16)7(15)4-6-10(12)18(5-2-3-5)14-8(11(6)19)13(20)17-22-14/h5-10,12,14H,2-4H2,1H3,(H,17,20). The maximum Gasteiger partial charge on any atom is 0.243 e. The van der Waals surface area contributed by atoms with Gasteiger partial charge in [-0.05, 0) is 31.2 Å². The van der Waals surface area contributed by atoms with Crippen LogP contribution in [0, 0.1) is 11.8 Å². The maximum absolute atomic E-state index is 14.3. The molecule has 0 radical (unpaired) electrons. The van der Waals surface area contributed by atoms with Crippen LogP contribution < -0.4 is 4.72 Å². The number of ketones is 1. The van der Waals surface area contributed by atoms with Gasteiger partial charge in [-0.25, -0.2) is 8.78 Å². The highest BCUT2D eigenvalue weighted by atomic mass is 32.2. The highest BCUT2D eigenvalue weighted by molar-refractivity contribution is 7.99. The molecule has 1 amide bonds. The molecule has 22 heavy (non-hydrogen) atoms. The summed E-state index contributed by atoms with van der Waals surface area (Å²) in [6.45, 7) is 0. The minimum Gasteiger partial charge on any atom is -0.377 e. The number of nitrogens with one attached hydrogen (secondary N) is 1. The van der Waals surface area contributed by atoms with Gasteiger partial charge in [-0.1, -0.05) is 0 Å². The zero-order valence-corrected chi connectivity index (χ0v) is 12.9. The summed E-state index contributed by atoms with van der Waals surface area (Å²) < 4.78 is 36.2. The van der Waals surface area contributed by atoms with Crippen LogP contribution in [-0.4, -0.2) is 59.6 Å². The smallest absolute Gasteiger partial charge is 0.243 e. The van der Waals surface area contributed by atoms with Crippen molar-refractivity contribution in [2.75, 3.05) is 7.11 Å². The van der Waals surface area contributed by atoms with E-state index in [1.165, 1.54) is 19.1 Å². The van der Waals surface area contributed by atoms with E-state index in [0.29, 0.717) is 0 Å². The number of alkyl halides is 2. The number of amides is 1. The van der Waals surface area contributed by atoms with Crippen molar-refractivity contribution in [1.82, 2.24) is 9.62 Å². The molecule has 122 valence electrons. The molecule has 4 aliphatic rings. The molecule has 8 heteroatoms. The number of carbonyl (C=O) groups is 2. The molecule has 7 unspecified atom stereocenters. The van der Waals surface area contributed by atoms with Crippen molar-refractivity contribution in [2.24, 2.45) is 11.8 Å². The number of likely N-dealkylation sites (tertiary alicyclic amines) is 1. The van der Waals surface area contributed by atoms with Gasteiger partial charge in [-0.2, -0.15) is 0 Å². The maximum atomic E-state index is 14.3. The van der Waals surface area contributed by atoms with Crippen LogP contribution in [0.3, 0.4) is 0 Å². The average molecular weight is 332 g/mol. The lowest BCUT2D eigenvalue weighted by atomic mass is 9.71. The van der Waals surface area contributed by atoms with E-state index in [4.69, 9.17) is 4.74 Å². The first kappa shape index (κ1) is 14.8. The lowest BCUT2D eigenvalue weighted by Gasteiger charge is -2.51. The number of hydrogen-bond acceptors (Lipinski definition) is 5. The van der Waals surface area contributed by atoms with Crippen molar-refractivity contribution >= 4 is 23.6 Å². The normalized spacial score (nSPS) is 48.8. The van der Waals surface area contributed by atoms with Crippen LogP contribution in [0.5, 0.6) is 0 Å². The van der Waals surface area contributed by atoms with Crippen LogP contribution in [0.4, 0.5) is 8.78 Å². The SMILES string of the molecule is COC1C(F)C(F)CC2C(=O)C3C(=O)NSC3N(C3CC3)C21. The molecule has 4 fully saturated rings. The van der Waals surface area contributed by atoms with Crippen LogP contribution in [-0.2, 0) is 14.3 Å². The Balaban J connectivity index is 1.75. The fourth-order valence-electron chi connectivity index (χ4n) is 4.17. The van der Waals surface area contributed by atoms with E-state index in [9.17, 15) is 18.4 Å². The van der Waals surface area contributed by atoms with Gasteiger partial charge in [0.05, 0.1) is 11.4 Å². The quantitative estimate of drug-likeness (QED) is 0.600. The first-order valence-electron chi connectivity index (χ1n) is 7.62. The van der Waals surface area contributed by atoms with E-state index < -0.39 is 36.3 Å². The van der Waals surface area contributed by atoms with Gasteiger partial charge in [0, 0.05) is 19.1 Å². The van der Waals surface area contributed by atoms with E-state index in [2.05, 4.69) is 9.62 Å². The van der Waals surface area contributed by atoms with Crippen molar-refractivity contribution in [2.45, 2.75) is 55.2 Å². The van der Waals surface area contributed by atoms with E-state index in [1.807, 2.05) is 0 Å². The van der Waals surface area contributed by atoms with Crippen LogP contribution in [0.2, 0.25) is 0 Å². The molecule has 2 heterocycles. The van der Waals surface area contributed by atoms with Crippen molar-refractivity contribution < 1.29 is 23.1 Å². The van der Waals surface area contributed by atoms with Gasteiger partial charge in [-0.15, -0.1) is 0 Å². The summed E-state index contributed by atoms with van der Waals surface area (Å²) >= 11 is 1.22. The van der Waals surface area contributed by atoms with Gasteiger partial charge in [0.15, 0.2) is 12.0 Å². The van der Waals surface area contributed by atoms with E-state index in [-0.39, 0.29) is 29.5 Å². The molecule has 1 N–H and O–H groups in total. The second-order valence-electron chi connectivity index (χ2n) is 6.53. The van der Waals surface area contributed by atoms with Crippen LogP contribution in [0.15, 0.2) is 0 Å². The monoisotopic (exact) mass is 332 g/mol. The van der Waals surface area contributed by atoms with Crippen molar-refractivity contribution in [3.63, 3.8) is 0 Å². The molecular weight excluding hydrogens is 314 g/mol. The van der Waals surface area contributed by atoms with Crippen LogP contribution >= 0.6 is 11.9 Å². The third-order valence-electron chi connectivity index (χ3n) is 5.29. The fourth-order valence-corrected chi connectivity index (χ4v) is 5.36. The Kier molecular flexibility index (Phi) is 3.47. The summed E-state index contributed by atoms with van der Waals surface area (Å²) in [7, 11) is 1.36. The first-order valence-corrected chi connectivity index (χ1v) is 8.50. The Morgan fingerprint density at radius 2 is 2.05 bits per heavy atom. The van der Waals surface area contributed by atoms with Gasteiger partial charge in [0.25, 0.3) is 0 Å². The highest BCUT2D eigenvalue weighted by Gasteiger charge is 2.63. The molecular formula is C14H18F2N2O3S. The zero-order valence-electron chi connectivity index (χ0n) is 12.1. The Morgan fingerprint density at radius 1 is 1.32 bits per heavy atom. The van der Waals surface area contributed by atoms with Crippen LogP contribution in [0.25, 0.3) is 0 Å². The van der Waals surface area contributed by atoms with E-state index >= 15 is 0 Å². The number of methoxy groups -OCH3 is 1. The first-order chi connectivity index (χ1) is 10.5. The molecule has 2 saturated heterocycles. The van der Waals surface area contributed by atoms with Crippen molar-refractivity contribution in [1.29, 1.82) is 0 Å². The minimum atomic E-state index is -1.73. The Bertz CT molecular complexity index is 518. The number of hydrogen-bond donors (Lipinski definition) is 1. The minimum absolute atomic E-state index is 0.158. The molecule has 2 aliphatic carbocycles. The molecule has 0 spiro atoms. The fraction of sp³-hybridized carbons (Fsp3) is 0.857. The second-order valence-corrected chi connectivity index (χ2v) is 7.45. The molecule has 4 rings (SSSR count). The van der Waals surface area contributed by atoms with Crippen LogP contribution in [0.1, 0.15) is 19.3 Å². The highest BCUT2D eigenvalue weighted by Crippen LogP contribution is 2.49. The van der Waals surface area contributed by atoms with Crippen molar-refractivity contribution in [3.8, 4) is 0 Å². The number of fused-ring (bicyclic) bond motifs is 2. The largest absolute Gasteiger partial charge is 0.377 e. The second kappa shape index (κ2) is 5.14. The number of rotatable bonds is 2. The number of nitrogens with zero attached hydrogens (tertiary/aromatic N) is 1. The van der Waals surface area contributed by atoms with E-state index in [1.54, 1.807) is 0 Å². The number of piperidine rings is 1. The summed E-state index contributed by atoms with van der Waals surface area (Å²) in [4.78, 5) is 26.8. The molecule has 0 bridgehead atoms. The molecule has 2 saturated carbocycles. The summed E-state index contributed by atoms with van der Waals surface area (Å²) in [5, 5.41) is -0.324. The number of halogens is 2. The van der Waals surface area contributed by atoms with E-state index in [0.717, 1.165) is 12.8 Å². The molecule has 7 atom stereocenters. The topological polar surface area (TPSA) is 58.6 Å². The Morgan fingerprint density at radius 3 is 2.68 bits per heavy atom. The molecule has 0 aromatic heterocycles. The number of Topliss-reactive ketones (excluding diaryl/α,β-unsaturated/α-hetero) is 1. The Hall–Kier alpha value is -0.730. The van der Waals surface area contributed by atoms with Gasteiger partial charge >= 0.3 is 0 Å². The number of carbonyl (C=O) groups excluding carboxylic acids is 2. The summed E-state index contributed by atoms with van der Waals surface area (Å²) in [6, 6.07) is -0.247. The third kappa shape index (κ3) is 1.96. The predicted octanol–water partition coefficient (Wildman–Crippen LogP) is 0.833. The number of ether oxygens (including phenoxy) is 1. The average Bonchev–Trinajstić information content (AvgIpc) is 3.25. The van der Waals surface area contributed by atoms with Gasteiger partial charge < -0.3 is 4.74 Å².